The van der Waals surface area contributed by atoms with E-state index in [0.29, 0.717) is 29.0 Å². The third-order valence-electron chi connectivity index (χ3n) is 4.14. The lowest BCUT2D eigenvalue weighted by Gasteiger charge is -2.07. The molecule has 0 bridgehead atoms. The van der Waals surface area contributed by atoms with E-state index in [1.807, 2.05) is 12.1 Å². The SMILES string of the molecule is CNC(=O)Nc1cccc(NC(=O)/C=C/c2ccc(C3CC3C)o2)c1. The van der Waals surface area contributed by atoms with Crippen LogP contribution < -0.4 is 16.0 Å². The normalized spacial score (nSPS) is 18.8. The highest BCUT2D eigenvalue weighted by Gasteiger charge is 2.36. The van der Waals surface area contributed by atoms with Crippen LogP contribution in [0, 0.1) is 5.92 Å². The van der Waals surface area contributed by atoms with E-state index < -0.39 is 0 Å². The number of nitrogens with one attached hydrogen (secondary N) is 3. The fourth-order valence-corrected chi connectivity index (χ4v) is 2.59. The summed E-state index contributed by atoms with van der Waals surface area (Å²) in [5.74, 6) is 2.59. The highest BCUT2D eigenvalue weighted by atomic mass is 16.3. The van der Waals surface area contributed by atoms with Crippen LogP contribution in [0.5, 0.6) is 0 Å². The molecule has 6 nitrogen and oxygen atoms in total. The van der Waals surface area contributed by atoms with Crippen molar-refractivity contribution in [1.29, 1.82) is 0 Å². The summed E-state index contributed by atoms with van der Waals surface area (Å²) in [5.41, 5.74) is 1.19. The second-order valence-electron chi connectivity index (χ2n) is 6.17. The maximum atomic E-state index is 12.0. The van der Waals surface area contributed by atoms with Crippen LogP contribution in [-0.2, 0) is 4.79 Å². The van der Waals surface area contributed by atoms with Crippen molar-refractivity contribution in [2.45, 2.75) is 19.3 Å². The van der Waals surface area contributed by atoms with Gasteiger partial charge in [0.25, 0.3) is 0 Å². The smallest absolute Gasteiger partial charge is 0.318 e. The number of hydrogen-bond acceptors (Lipinski definition) is 3. The summed E-state index contributed by atoms with van der Waals surface area (Å²) >= 11 is 0. The molecule has 0 spiro atoms. The minimum atomic E-state index is -0.318. The van der Waals surface area contributed by atoms with Crippen molar-refractivity contribution in [3.8, 4) is 0 Å². The van der Waals surface area contributed by atoms with E-state index >= 15 is 0 Å². The molecule has 25 heavy (non-hydrogen) atoms. The molecule has 3 amide bonds. The summed E-state index contributed by atoms with van der Waals surface area (Å²) in [5, 5.41) is 7.88. The Bertz CT molecular complexity index is 810. The van der Waals surface area contributed by atoms with Gasteiger partial charge in [-0.2, -0.15) is 0 Å². The minimum Gasteiger partial charge on any atom is -0.461 e. The first kappa shape index (κ1) is 16.8. The third-order valence-corrected chi connectivity index (χ3v) is 4.14. The van der Waals surface area contributed by atoms with E-state index in [1.54, 1.807) is 30.3 Å². The number of urea groups is 1. The predicted molar refractivity (Wildman–Crippen MR) is 97.4 cm³/mol. The lowest BCUT2D eigenvalue weighted by Crippen LogP contribution is -2.24. The van der Waals surface area contributed by atoms with Gasteiger partial charge in [-0.05, 0) is 48.7 Å². The average Bonchev–Trinajstić information content (AvgIpc) is 3.14. The predicted octanol–water partition coefficient (Wildman–Crippen LogP) is 3.81. The summed E-state index contributed by atoms with van der Waals surface area (Å²) in [6.07, 6.45) is 4.24. The number of furan rings is 1. The zero-order valence-electron chi connectivity index (χ0n) is 14.2. The van der Waals surface area contributed by atoms with Gasteiger partial charge in [-0.1, -0.05) is 13.0 Å². The van der Waals surface area contributed by atoms with Crippen molar-refractivity contribution >= 4 is 29.4 Å². The van der Waals surface area contributed by atoms with Crippen LogP contribution in [0.25, 0.3) is 6.08 Å². The maximum absolute atomic E-state index is 12.0. The maximum Gasteiger partial charge on any atom is 0.318 e. The van der Waals surface area contributed by atoms with Gasteiger partial charge in [0.2, 0.25) is 5.91 Å². The molecule has 1 heterocycles. The van der Waals surface area contributed by atoms with E-state index in [9.17, 15) is 9.59 Å². The number of benzene rings is 1. The molecule has 2 aromatic rings. The zero-order valence-corrected chi connectivity index (χ0v) is 14.2. The Morgan fingerprint density at radius 3 is 2.56 bits per heavy atom. The Morgan fingerprint density at radius 2 is 1.88 bits per heavy atom. The van der Waals surface area contributed by atoms with Crippen LogP contribution in [0.3, 0.4) is 0 Å². The van der Waals surface area contributed by atoms with Gasteiger partial charge >= 0.3 is 6.03 Å². The zero-order chi connectivity index (χ0) is 17.8. The fourth-order valence-electron chi connectivity index (χ4n) is 2.59. The van der Waals surface area contributed by atoms with Gasteiger partial charge in [-0.25, -0.2) is 4.79 Å². The van der Waals surface area contributed by atoms with Gasteiger partial charge < -0.3 is 20.4 Å². The monoisotopic (exact) mass is 339 g/mol. The molecule has 3 rings (SSSR count). The van der Waals surface area contributed by atoms with Crippen LogP contribution in [0.1, 0.15) is 30.8 Å². The van der Waals surface area contributed by atoms with E-state index in [1.165, 1.54) is 13.1 Å². The van der Waals surface area contributed by atoms with E-state index in [4.69, 9.17) is 4.42 Å². The lowest BCUT2D eigenvalue weighted by atomic mass is 10.2. The average molecular weight is 339 g/mol. The molecule has 1 aromatic heterocycles. The largest absolute Gasteiger partial charge is 0.461 e. The Labute approximate surface area is 146 Å². The van der Waals surface area contributed by atoms with Gasteiger partial charge in [0.1, 0.15) is 11.5 Å². The van der Waals surface area contributed by atoms with Gasteiger partial charge in [0, 0.05) is 30.4 Å². The standard InChI is InChI=1S/C19H21N3O3/c1-12-10-16(12)17-8-6-15(25-17)7-9-18(23)21-13-4-3-5-14(11-13)22-19(24)20-2/h3-9,11-12,16H,10H2,1-2H3,(H,21,23)(H2,20,22,24)/b9-7+. The molecule has 2 unspecified atom stereocenters. The van der Waals surface area contributed by atoms with E-state index in [0.717, 1.165) is 12.2 Å². The van der Waals surface area contributed by atoms with Crippen LogP contribution in [0.2, 0.25) is 0 Å². The number of carbonyl (C=O) groups is 2. The molecule has 0 radical (unpaired) electrons. The molecule has 1 fully saturated rings. The van der Waals surface area contributed by atoms with Crippen molar-refractivity contribution in [2.24, 2.45) is 5.92 Å². The second-order valence-corrected chi connectivity index (χ2v) is 6.17. The van der Waals surface area contributed by atoms with Crippen molar-refractivity contribution in [3.63, 3.8) is 0 Å². The molecule has 3 N–H and O–H groups in total. The van der Waals surface area contributed by atoms with Crippen LogP contribution in [-0.4, -0.2) is 19.0 Å². The molecule has 0 saturated heterocycles. The molecular weight excluding hydrogens is 318 g/mol. The summed E-state index contributed by atoms with van der Waals surface area (Å²) in [6.45, 7) is 2.20. The minimum absolute atomic E-state index is 0.269. The fraction of sp³-hybridized carbons (Fsp3) is 0.263. The second kappa shape index (κ2) is 7.25. The van der Waals surface area contributed by atoms with Crippen molar-refractivity contribution in [3.05, 3.63) is 54.0 Å². The van der Waals surface area contributed by atoms with Gasteiger partial charge in [-0.15, -0.1) is 0 Å². The number of carbonyl (C=O) groups excluding carboxylic acids is 2. The number of hydrogen-bond donors (Lipinski definition) is 3. The Kier molecular flexibility index (Phi) is 4.88. The van der Waals surface area contributed by atoms with Gasteiger partial charge in [0.15, 0.2) is 0 Å². The van der Waals surface area contributed by atoms with Crippen molar-refractivity contribution in [2.75, 3.05) is 17.7 Å². The molecule has 130 valence electrons. The van der Waals surface area contributed by atoms with E-state index in [-0.39, 0.29) is 11.9 Å². The van der Waals surface area contributed by atoms with Crippen LogP contribution in [0.4, 0.5) is 16.2 Å². The van der Waals surface area contributed by atoms with Crippen LogP contribution >= 0.6 is 0 Å². The Morgan fingerprint density at radius 1 is 1.16 bits per heavy atom. The van der Waals surface area contributed by atoms with E-state index in [2.05, 4.69) is 22.9 Å². The summed E-state index contributed by atoms with van der Waals surface area (Å²) in [7, 11) is 1.54. The van der Waals surface area contributed by atoms with Gasteiger partial charge in [0.05, 0.1) is 0 Å². The Balaban J connectivity index is 1.57. The highest BCUT2D eigenvalue weighted by molar-refractivity contribution is 6.02. The molecule has 1 aliphatic rings. The topological polar surface area (TPSA) is 83.4 Å². The molecule has 1 aromatic carbocycles. The molecule has 1 aliphatic carbocycles. The Hall–Kier alpha value is -3.02. The first-order chi connectivity index (χ1) is 12.0. The summed E-state index contributed by atoms with van der Waals surface area (Å²) in [4.78, 5) is 23.4. The molecule has 0 aliphatic heterocycles. The number of anilines is 2. The first-order valence-corrected chi connectivity index (χ1v) is 8.23. The third kappa shape index (κ3) is 4.50. The first-order valence-electron chi connectivity index (χ1n) is 8.23. The van der Waals surface area contributed by atoms with Crippen molar-refractivity contribution in [1.82, 2.24) is 5.32 Å². The number of rotatable bonds is 5. The number of amides is 3. The highest BCUT2D eigenvalue weighted by Crippen LogP contribution is 2.47. The lowest BCUT2D eigenvalue weighted by molar-refractivity contribution is -0.111. The molecule has 1 saturated carbocycles. The molecule has 6 heteroatoms. The van der Waals surface area contributed by atoms with Gasteiger partial charge in [-0.3, -0.25) is 4.79 Å². The molecule has 2 atom stereocenters. The summed E-state index contributed by atoms with van der Waals surface area (Å²) in [6, 6.07) is 10.4. The van der Waals surface area contributed by atoms with Crippen molar-refractivity contribution < 1.29 is 14.0 Å². The summed E-state index contributed by atoms with van der Waals surface area (Å²) < 4.78 is 5.73. The molecular formula is C19H21N3O3. The van der Waals surface area contributed by atoms with Crippen LogP contribution in [0.15, 0.2) is 46.9 Å². The quantitative estimate of drug-likeness (QED) is 0.724.